The van der Waals surface area contributed by atoms with Crippen LogP contribution in [0.5, 0.6) is 0 Å². The second kappa shape index (κ2) is 3.86. The average Bonchev–Trinajstić information content (AvgIpc) is 2.75. The first kappa shape index (κ1) is 10.3. The highest BCUT2D eigenvalue weighted by Gasteiger charge is 2.39. The fraction of sp³-hybridized carbons (Fsp3) is 0.636. The van der Waals surface area contributed by atoms with Crippen LogP contribution in [0.25, 0.3) is 0 Å². The fourth-order valence-electron chi connectivity index (χ4n) is 3.01. The monoisotopic (exact) mass is 238 g/mol. The second-order valence-corrected chi connectivity index (χ2v) is 5.26. The van der Waals surface area contributed by atoms with Crippen molar-refractivity contribution in [2.45, 2.75) is 18.9 Å². The smallest absolute Gasteiger partial charge is 0.151 e. The predicted molar refractivity (Wildman–Crippen MR) is 63.4 cm³/mol. The number of fused-ring (bicyclic) bond motifs is 1. The Morgan fingerprint density at radius 3 is 2.44 bits per heavy atom. The molecule has 2 N–H and O–H groups in total. The summed E-state index contributed by atoms with van der Waals surface area (Å²) in [6, 6.07) is 4.15. The van der Waals surface area contributed by atoms with Crippen LogP contribution in [0.4, 0.5) is 5.82 Å². The van der Waals surface area contributed by atoms with Gasteiger partial charge >= 0.3 is 0 Å². The van der Waals surface area contributed by atoms with E-state index in [0.29, 0.717) is 11.2 Å². The molecule has 2 fully saturated rings. The number of anilines is 1. The van der Waals surface area contributed by atoms with Gasteiger partial charge in [-0.15, -0.1) is 10.2 Å². The van der Waals surface area contributed by atoms with Crippen molar-refractivity contribution in [2.24, 2.45) is 17.6 Å². The number of hydrogen-bond acceptors (Lipinski definition) is 4. The van der Waals surface area contributed by atoms with Crippen molar-refractivity contribution in [1.82, 2.24) is 10.2 Å². The lowest BCUT2D eigenvalue weighted by atomic mass is 10.0. The largest absolute Gasteiger partial charge is 0.355 e. The van der Waals surface area contributed by atoms with E-state index in [2.05, 4.69) is 15.1 Å². The van der Waals surface area contributed by atoms with Crippen molar-refractivity contribution < 1.29 is 0 Å². The van der Waals surface area contributed by atoms with Gasteiger partial charge in [-0.25, -0.2) is 0 Å². The number of hydrogen-bond donors (Lipinski definition) is 1. The van der Waals surface area contributed by atoms with E-state index in [1.165, 1.54) is 0 Å². The van der Waals surface area contributed by atoms with Crippen LogP contribution in [0.2, 0.25) is 5.15 Å². The molecule has 0 radical (unpaired) electrons. The predicted octanol–water partition coefficient (Wildman–Crippen LogP) is 1.30. The molecule has 1 aliphatic carbocycles. The molecule has 1 aromatic rings. The van der Waals surface area contributed by atoms with Crippen LogP contribution >= 0.6 is 11.6 Å². The Morgan fingerprint density at radius 2 is 1.88 bits per heavy atom. The van der Waals surface area contributed by atoms with Crippen molar-refractivity contribution in [3.05, 3.63) is 17.3 Å². The molecule has 0 unspecified atom stereocenters. The Labute approximate surface area is 99.8 Å². The van der Waals surface area contributed by atoms with Gasteiger partial charge in [0.05, 0.1) is 0 Å². The molecule has 1 saturated heterocycles. The SMILES string of the molecule is NC1C[C@@H]2CN(c3ccc(Cl)nn3)C[C@H]2C1. The topological polar surface area (TPSA) is 55.0 Å². The molecule has 1 aliphatic heterocycles. The summed E-state index contributed by atoms with van der Waals surface area (Å²) in [5, 5.41) is 8.45. The molecular formula is C11H15ClN4. The van der Waals surface area contributed by atoms with Gasteiger partial charge in [-0.1, -0.05) is 11.6 Å². The van der Waals surface area contributed by atoms with Gasteiger partial charge < -0.3 is 10.6 Å². The number of rotatable bonds is 1. The zero-order chi connectivity index (χ0) is 11.1. The van der Waals surface area contributed by atoms with E-state index in [1.54, 1.807) is 6.07 Å². The van der Waals surface area contributed by atoms with E-state index in [1.807, 2.05) is 6.07 Å². The van der Waals surface area contributed by atoms with Gasteiger partial charge in [-0.05, 0) is 36.8 Å². The molecule has 86 valence electrons. The molecule has 2 heterocycles. The lowest BCUT2D eigenvalue weighted by Crippen LogP contribution is -2.25. The molecule has 2 atom stereocenters. The van der Waals surface area contributed by atoms with Gasteiger partial charge in [0, 0.05) is 19.1 Å². The molecular weight excluding hydrogens is 224 g/mol. The van der Waals surface area contributed by atoms with Crippen LogP contribution in [0.15, 0.2) is 12.1 Å². The number of halogens is 1. The zero-order valence-electron chi connectivity index (χ0n) is 9.01. The van der Waals surface area contributed by atoms with E-state index in [9.17, 15) is 0 Å². The summed E-state index contributed by atoms with van der Waals surface area (Å²) in [6.45, 7) is 2.13. The quantitative estimate of drug-likeness (QED) is 0.802. The molecule has 0 bridgehead atoms. The highest BCUT2D eigenvalue weighted by atomic mass is 35.5. The summed E-state index contributed by atoms with van der Waals surface area (Å²) in [5.74, 6) is 2.42. The summed E-state index contributed by atoms with van der Waals surface area (Å²) >= 11 is 5.72. The van der Waals surface area contributed by atoms with E-state index >= 15 is 0 Å². The lowest BCUT2D eigenvalue weighted by molar-refractivity contribution is 0.494. The Hall–Kier alpha value is -0.870. The molecule has 4 nitrogen and oxygen atoms in total. The minimum absolute atomic E-state index is 0.411. The van der Waals surface area contributed by atoms with Crippen molar-refractivity contribution >= 4 is 17.4 Å². The summed E-state index contributed by atoms with van der Waals surface area (Å²) in [4.78, 5) is 2.30. The molecule has 0 aromatic carbocycles. The Kier molecular flexibility index (Phi) is 2.48. The number of nitrogens with zero attached hydrogens (tertiary/aromatic N) is 3. The fourth-order valence-corrected chi connectivity index (χ4v) is 3.11. The van der Waals surface area contributed by atoms with Crippen molar-refractivity contribution in [2.75, 3.05) is 18.0 Å². The maximum atomic E-state index is 5.97. The first-order chi connectivity index (χ1) is 7.72. The average molecular weight is 239 g/mol. The maximum absolute atomic E-state index is 5.97. The Morgan fingerprint density at radius 1 is 1.19 bits per heavy atom. The molecule has 2 aliphatic rings. The van der Waals surface area contributed by atoms with Crippen LogP contribution in [0.3, 0.4) is 0 Å². The van der Waals surface area contributed by atoms with E-state index < -0.39 is 0 Å². The van der Waals surface area contributed by atoms with E-state index in [4.69, 9.17) is 17.3 Å². The third-order valence-corrected chi connectivity index (χ3v) is 3.93. The molecule has 1 saturated carbocycles. The molecule has 0 spiro atoms. The van der Waals surface area contributed by atoms with Gasteiger partial charge in [-0.3, -0.25) is 0 Å². The van der Waals surface area contributed by atoms with Crippen LogP contribution in [0.1, 0.15) is 12.8 Å². The molecule has 5 heteroatoms. The molecule has 0 amide bonds. The van der Waals surface area contributed by atoms with Crippen molar-refractivity contribution in [3.8, 4) is 0 Å². The van der Waals surface area contributed by atoms with Gasteiger partial charge in [-0.2, -0.15) is 0 Å². The summed E-state index contributed by atoms with van der Waals surface area (Å²) in [7, 11) is 0. The molecule has 1 aromatic heterocycles. The highest BCUT2D eigenvalue weighted by Crippen LogP contribution is 2.38. The molecule has 16 heavy (non-hydrogen) atoms. The van der Waals surface area contributed by atoms with Crippen molar-refractivity contribution in [3.63, 3.8) is 0 Å². The van der Waals surface area contributed by atoms with Crippen LogP contribution < -0.4 is 10.6 Å². The van der Waals surface area contributed by atoms with Gasteiger partial charge in [0.25, 0.3) is 0 Å². The zero-order valence-corrected chi connectivity index (χ0v) is 9.77. The number of aromatic nitrogens is 2. The first-order valence-corrected chi connectivity index (χ1v) is 6.10. The Balaban J connectivity index is 1.73. The van der Waals surface area contributed by atoms with Gasteiger partial charge in [0.2, 0.25) is 0 Å². The number of nitrogens with two attached hydrogens (primary N) is 1. The summed E-state index contributed by atoms with van der Waals surface area (Å²) < 4.78 is 0. The lowest BCUT2D eigenvalue weighted by Gasteiger charge is -2.18. The normalized spacial score (nSPS) is 29.8. The summed E-state index contributed by atoms with van der Waals surface area (Å²) in [5.41, 5.74) is 5.97. The standard InChI is InChI=1S/C11H15ClN4/c12-10-1-2-11(15-14-10)16-5-7-3-9(13)4-8(7)6-16/h1-2,7-9H,3-6,13H2/t7-,8-/m1/s1. The van der Waals surface area contributed by atoms with Gasteiger partial charge in [0.15, 0.2) is 11.0 Å². The van der Waals surface area contributed by atoms with Crippen LogP contribution in [0, 0.1) is 11.8 Å². The summed E-state index contributed by atoms with van der Waals surface area (Å²) in [6.07, 6.45) is 2.31. The second-order valence-electron chi connectivity index (χ2n) is 4.87. The maximum Gasteiger partial charge on any atom is 0.151 e. The highest BCUT2D eigenvalue weighted by molar-refractivity contribution is 6.29. The minimum atomic E-state index is 0.411. The van der Waals surface area contributed by atoms with Crippen molar-refractivity contribution in [1.29, 1.82) is 0 Å². The third kappa shape index (κ3) is 1.76. The van der Waals surface area contributed by atoms with E-state index in [-0.39, 0.29) is 0 Å². The van der Waals surface area contributed by atoms with E-state index in [0.717, 1.165) is 43.6 Å². The van der Waals surface area contributed by atoms with Crippen LogP contribution in [-0.2, 0) is 0 Å². The van der Waals surface area contributed by atoms with Gasteiger partial charge in [0.1, 0.15) is 0 Å². The first-order valence-electron chi connectivity index (χ1n) is 5.72. The third-order valence-electron chi connectivity index (χ3n) is 3.73. The minimum Gasteiger partial charge on any atom is -0.355 e. The Bertz CT molecular complexity index is 366. The molecule has 3 rings (SSSR count). The van der Waals surface area contributed by atoms with Crippen LogP contribution in [-0.4, -0.2) is 29.3 Å².